The zero-order chi connectivity index (χ0) is 15.4. The first-order valence-electron chi connectivity index (χ1n) is 7.64. The van der Waals surface area contributed by atoms with Crippen LogP contribution >= 0.6 is 12.4 Å². The van der Waals surface area contributed by atoms with Crippen molar-refractivity contribution in [2.24, 2.45) is 0 Å². The van der Waals surface area contributed by atoms with E-state index in [9.17, 15) is 9.59 Å². The molecule has 8 nitrogen and oxygen atoms in total. The van der Waals surface area contributed by atoms with E-state index in [4.69, 9.17) is 4.74 Å². The molecule has 3 heterocycles. The van der Waals surface area contributed by atoms with Crippen LogP contribution in [0, 0.1) is 0 Å². The molecule has 0 aromatic carbocycles. The summed E-state index contributed by atoms with van der Waals surface area (Å²) in [6, 6.07) is -0.127. The van der Waals surface area contributed by atoms with Gasteiger partial charge in [-0.05, 0) is 19.4 Å². The van der Waals surface area contributed by atoms with Gasteiger partial charge in [-0.1, -0.05) is 0 Å². The van der Waals surface area contributed by atoms with Crippen molar-refractivity contribution in [1.29, 1.82) is 0 Å². The molecule has 0 bridgehead atoms. The molecule has 3 rings (SSSR count). The molecule has 128 valence electrons. The number of nitrogens with one attached hydrogen (secondary N) is 2. The predicted octanol–water partition coefficient (Wildman–Crippen LogP) is -0.146. The number of amides is 2. The largest absolute Gasteiger partial charge is 0.378 e. The van der Waals surface area contributed by atoms with Crippen LogP contribution in [0.15, 0.2) is 12.4 Å². The van der Waals surface area contributed by atoms with Crippen molar-refractivity contribution >= 4 is 29.9 Å². The summed E-state index contributed by atoms with van der Waals surface area (Å²) in [5, 5.41) is 10.1. The van der Waals surface area contributed by atoms with Crippen molar-refractivity contribution in [2.75, 3.05) is 38.2 Å². The second-order valence-corrected chi connectivity index (χ2v) is 5.56. The van der Waals surface area contributed by atoms with Gasteiger partial charge in [-0.2, -0.15) is 5.10 Å². The molecule has 9 heteroatoms. The zero-order valence-electron chi connectivity index (χ0n) is 12.9. The molecule has 23 heavy (non-hydrogen) atoms. The first-order chi connectivity index (χ1) is 10.7. The first-order valence-corrected chi connectivity index (χ1v) is 7.64. The maximum Gasteiger partial charge on any atom is 0.244 e. The Morgan fingerprint density at radius 3 is 2.87 bits per heavy atom. The van der Waals surface area contributed by atoms with Gasteiger partial charge in [0.15, 0.2) is 0 Å². The van der Waals surface area contributed by atoms with Crippen molar-refractivity contribution in [2.45, 2.75) is 25.4 Å². The van der Waals surface area contributed by atoms with E-state index in [2.05, 4.69) is 15.7 Å². The fraction of sp³-hybridized carbons (Fsp3) is 0.643. The average Bonchev–Trinajstić information content (AvgIpc) is 3.20. The van der Waals surface area contributed by atoms with Crippen LogP contribution in [0.5, 0.6) is 0 Å². The lowest BCUT2D eigenvalue weighted by atomic mass is 10.2. The van der Waals surface area contributed by atoms with Gasteiger partial charge in [0.25, 0.3) is 0 Å². The highest BCUT2D eigenvalue weighted by Gasteiger charge is 2.22. The minimum atomic E-state index is -0.127. The van der Waals surface area contributed by atoms with Gasteiger partial charge in [0, 0.05) is 19.3 Å². The molecule has 2 N–H and O–H groups in total. The Kier molecular flexibility index (Phi) is 6.37. The number of halogens is 1. The lowest BCUT2D eigenvalue weighted by Gasteiger charge is -2.26. The molecule has 0 aliphatic carbocycles. The SMILES string of the molecule is Cl.O=C(Nc1cnn(CC(=O)N2CCOCC2)c1)C1CCCN1. The molecule has 0 spiro atoms. The van der Waals surface area contributed by atoms with Crippen LogP contribution in [0.2, 0.25) is 0 Å². The Bertz CT molecular complexity index is 538. The summed E-state index contributed by atoms with van der Waals surface area (Å²) in [6.07, 6.45) is 5.13. The molecule has 2 aliphatic heterocycles. The lowest BCUT2D eigenvalue weighted by molar-refractivity contribution is -0.136. The molecular formula is C14H22ClN5O3. The standard InChI is InChI=1S/C14H21N5O3.ClH/c20-13(18-4-6-22-7-5-18)10-19-9-11(8-16-19)17-14(21)12-2-1-3-15-12;/h8-9,12,15H,1-7,10H2,(H,17,21);1H. The van der Waals surface area contributed by atoms with E-state index < -0.39 is 0 Å². The summed E-state index contributed by atoms with van der Waals surface area (Å²) in [6.45, 7) is 3.47. The van der Waals surface area contributed by atoms with Gasteiger partial charge in [-0.15, -0.1) is 12.4 Å². The fourth-order valence-electron chi connectivity index (χ4n) is 2.70. The maximum atomic E-state index is 12.1. The number of carbonyl (C=O) groups excluding carboxylic acids is 2. The van der Waals surface area contributed by atoms with Gasteiger partial charge in [0.1, 0.15) is 6.54 Å². The summed E-state index contributed by atoms with van der Waals surface area (Å²) in [5.74, 6) is -0.0294. The van der Waals surface area contributed by atoms with E-state index in [1.807, 2.05) is 0 Å². The number of hydrogen-bond donors (Lipinski definition) is 2. The normalized spacial score (nSPS) is 20.9. The molecule has 2 fully saturated rings. The third kappa shape index (κ3) is 4.66. The van der Waals surface area contributed by atoms with Gasteiger partial charge in [0.2, 0.25) is 11.8 Å². The number of aromatic nitrogens is 2. The molecule has 2 amide bonds. The van der Waals surface area contributed by atoms with Crippen LogP contribution in [-0.2, 0) is 20.9 Å². The van der Waals surface area contributed by atoms with Gasteiger partial charge in [-0.3, -0.25) is 14.3 Å². The Balaban J connectivity index is 0.00000192. The molecule has 1 unspecified atom stereocenters. The molecule has 1 atom stereocenters. The van der Waals surface area contributed by atoms with Crippen LogP contribution in [0.1, 0.15) is 12.8 Å². The second-order valence-electron chi connectivity index (χ2n) is 5.56. The van der Waals surface area contributed by atoms with Crippen molar-refractivity contribution in [3.8, 4) is 0 Å². The van der Waals surface area contributed by atoms with E-state index >= 15 is 0 Å². The number of carbonyl (C=O) groups is 2. The van der Waals surface area contributed by atoms with Crippen LogP contribution in [0.4, 0.5) is 5.69 Å². The number of ether oxygens (including phenoxy) is 1. The fourth-order valence-corrected chi connectivity index (χ4v) is 2.70. The van der Waals surface area contributed by atoms with Gasteiger partial charge in [-0.25, -0.2) is 0 Å². The molecule has 1 aromatic heterocycles. The van der Waals surface area contributed by atoms with Crippen molar-refractivity contribution in [1.82, 2.24) is 20.0 Å². The minimum Gasteiger partial charge on any atom is -0.378 e. The van der Waals surface area contributed by atoms with E-state index in [-0.39, 0.29) is 36.8 Å². The van der Waals surface area contributed by atoms with Crippen LogP contribution in [-0.4, -0.2) is 65.4 Å². The topological polar surface area (TPSA) is 88.5 Å². The monoisotopic (exact) mass is 343 g/mol. The predicted molar refractivity (Wildman–Crippen MR) is 86.5 cm³/mol. The van der Waals surface area contributed by atoms with Crippen molar-refractivity contribution in [3.05, 3.63) is 12.4 Å². The molecule has 0 saturated carbocycles. The van der Waals surface area contributed by atoms with E-state index in [1.165, 1.54) is 0 Å². The van der Waals surface area contributed by atoms with Crippen LogP contribution < -0.4 is 10.6 Å². The van der Waals surface area contributed by atoms with E-state index in [0.29, 0.717) is 32.0 Å². The van der Waals surface area contributed by atoms with Gasteiger partial charge >= 0.3 is 0 Å². The molecule has 2 saturated heterocycles. The van der Waals surface area contributed by atoms with Crippen molar-refractivity contribution < 1.29 is 14.3 Å². The summed E-state index contributed by atoms with van der Waals surface area (Å²) in [5.41, 5.74) is 0.619. The zero-order valence-corrected chi connectivity index (χ0v) is 13.7. The van der Waals surface area contributed by atoms with Crippen LogP contribution in [0.3, 0.4) is 0 Å². The minimum absolute atomic E-state index is 0. The highest BCUT2D eigenvalue weighted by molar-refractivity contribution is 5.94. The quantitative estimate of drug-likeness (QED) is 0.794. The Morgan fingerprint density at radius 1 is 1.39 bits per heavy atom. The lowest BCUT2D eigenvalue weighted by Crippen LogP contribution is -2.42. The highest BCUT2D eigenvalue weighted by atomic mass is 35.5. The third-order valence-electron chi connectivity index (χ3n) is 3.94. The molecule has 2 aliphatic rings. The number of rotatable bonds is 4. The summed E-state index contributed by atoms with van der Waals surface area (Å²) in [4.78, 5) is 25.9. The summed E-state index contributed by atoms with van der Waals surface area (Å²) >= 11 is 0. The van der Waals surface area contributed by atoms with Gasteiger partial charge in [0.05, 0.1) is 31.1 Å². The highest BCUT2D eigenvalue weighted by Crippen LogP contribution is 2.10. The number of anilines is 1. The summed E-state index contributed by atoms with van der Waals surface area (Å²) in [7, 11) is 0. The third-order valence-corrected chi connectivity index (χ3v) is 3.94. The second kappa shape index (κ2) is 8.28. The summed E-state index contributed by atoms with van der Waals surface area (Å²) < 4.78 is 6.78. The van der Waals surface area contributed by atoms with E-state index in [0.717, 1.165) is 19.4 Å². The smallest absolute Gasteiger partial charge is 0.244 e. The maximum absolute atomic E-state index is 12.1. The Morgan fingerprint density at radius 2 is 2.17 bits per heavy atom. The van der Waals surface area contributed by atoms with Crippen LogP contribution in [0.25, 0.3) is 0 Å². The Hall–Kier alpha value is -1.64. The van der Waals surface area contributed by atoms with Gasteiger partial charge < -0.3 is 20.3 Å². The van der Waals surface area contributed by atoms with E-state index in [1.54, 1.807) is 22.0 Å². The molecular weight excluding hydrogens is 322 g/mol. The number of morpholine rings is 1. The van der Waals surface area contributed by atoms with Crippen molar-refractivity contribution in [3.63, 3.8) is 0 Å². The first kappa shape index (κ1) is 17.7. The molecule has 1 aromatic rings. The number of nitrogens with zero attached hydrogens (tertiary/aromatic N) is 3. The molecule has 0 radical (unpaired) electrons. The average molecular weight is 344 g/mol. The number of hydrogen-bond acceptors (Lipinski definition) is 5. The Labute approximate surface area is 140 Å².